The minimum atomic E-state index is -0.104. The first-order valence-corrected chi connectivity index (χ1v) is 10.7. The number of carbonyl (C=O) groups is 1. The Morgan fingerprint density at radius 3 is 2.71 bits per heavy atom. The van der Waals surface area contributed by atoms with Gasteiger partial charge in [0.15, 0.2) is 5.82 Å². The van der Waals surface area contributed by atoms with Crippen molar-refractivity contribution in [2.75, 3.05) is 5.32 Å². The minimum absolute atomic E-state index is 0.104. The number of hydrogen-bond donors (Lipinski definition) is 1. The third kappa shape index (κ3) is 5.79. The number of rotatable bonds is 8. The highest BCUT2D eigenvalue weighted by Crippen LogP contribution is 2.25. The number of nitrogens with zero attached hydrogens (tertiary/aromatic N) is 4. The van der Waals surface area contributed by atoms with Crippen LogP contribution in [-0.2, 0) is 17.0 Å². The summed E-state index contributed by atoms with van der Waals surface area (Å²) in [6.07, 6.45) is 0.625. The van der Waals surface area contributed by atoms with Crippen LogP contribution in [-0.4, -0.2) is 26.2 Å². The zero-order valence-electron chi connectivity index (χ0n) is 17.2. The number of amides is 1. The quantitative estimate of drug-likeness (QED) is 0.400. The van der Waals surface area contributed by atoms with Crippen LogP contribution >= 0.6 is 11.8 Å². The smallest absolute Gasteiger partial charge is 0.277 e. The molecule has 158 valence electrons. The Labute approximate surface area is 183 Å². The Morgan fingerprint density at radius 1 is 1.06 bits per heavy atom. The number of carbonyl (C=O) groups excluding carboxylic acids is 1. The minimum Gasteiger partial charge on any atom is -0.411 e. The van der Waals surface area contributed by atoms with Crippen molar-refractivity contribution in [1.29, 1.82) is 0 Å². The standard InChI is InChI=1S/C22H21N5O3S/c1-14-6-8-17(9-7-14)23-19(28)10-11-20-24-18(27-30-20)13-31-22-26-25-21(29-22)16-5-3-4-15(2)12-16/h3-9,12H,10-11,13H2,1-2H3,(H,23,28). The summed E-state index contributed by atoms with van der Waals surface area (Å²) < 4.78 is 10.9. The Morgan fingerprint density at radius 2 is 1.90 bits per heavy atom. The molecule has 0 spiro atoms. The van der Waals surface area contributed by atoms with Crippen molar-refractivity contribution >= 4 is 23.4 Å². The molecule has 0 bridgehead atoms. The van der Waals surface area contributed by atoms with Crippen molar-refractivity contribution in [1.82, 2.24) is 20.3 Å². The maximum Gasteiger partial charge on any atom is 0.277 e. The average Bonchev–Trinajstić information content (AvgIpc) is 3.42. The highest BCUT2D eigenvalue weighted by molar-refractivity contribution is 7.98. The van der Waals surface area contributed by atoms with Crippen LogP contribution in [0.4, 0.5) is 5.69 Å². The summed E-state index contributed by atoms with van der Waals surface area (Å²) in [7, 11) is 0. The van der Waals surface area contributed by atoms with E-state index in [1.54, 1.807) is 0 Å². The van der Waals surface area contributed by atoms with Gasteiger partial charge < -0.3 is 14.3 Å². The maximum atomic E-state index is 12.1. The van der Waals surface area contributed by atoms with E-state index in [0.717, 1.165) is 22.4 Å². The summed E-state index contributed by atoms with van der Waals surface area (Å²) in [5.74, 6) is 1.72. The third-order valence-electron chi connectivity index (χ3n) is 4.41. The number of aromatic nitrogens is 4. The van der Waals surface area contributed by atoms with Gasteiger partial charge in [-0.1, -0.05) is 52.3 Å². The van der Waals surface area contributed by atoms with Gasteiger partial charge in [0.25, 0.3) is 5.22 Å². The van der Waals surface area contributed by atoms with E-state index >= 15 is 0 Å². The molecule has 0 aliphatic carbocycles. The lowest BCUT2D eigenvalue weighted by atomic mass is 10.1. The van der Waals surface area contributed by atoms with Gasteiger partial charge in [0.05, 0.1) is 5.75 Å². The molecular formula is C22H21N5O3S. The highest BCUT2D eigenvalue weighted by Gasteiger charge is 2.13. The molecule has 4 rings (SSSR count). The van der Waals surface area contributed by atoms with Crippen molar-refractivity contribution in [3.63, 3.8) is 0 Å². The van der Waals surface area contributed by atoms with Crippen molar-refractivity contribution in [2.45, 2.75) is 37.7 Å². The van der Waals surface area contributed by atoms with Gasteiger partial charge in [-0.15, -0.1) is 10.2 Å². The molecule has 0 radical (unpaired) electrons. The van der Waals surface area contributed by atoms with Crippen LogP contribution in [0.2, 0.25) is 0 Å². The molecule has 0 saturated heterocycles. The van der Waals surface area contributed by atoms with Crippen molar-refractivity contribution in [2.24, 2.45) is 0 Å². The van der Waals surface area contributed by atoms with Gasteiger partial charge >= 0.3 is 0 Å². The van der Waals surface area contributed by atoms with Crippen LogP contribution in [0.25, 0.3) is 11.5 Å². The lowest BCUT2D eigenvalue weighted by Gasteiger charge is -2.04. The zero-order chi connectivity index (χ0) is 21.6. The van der Waals surface area contributed by atoms with Crippen LogP contribution in [0, 0.1) is 13.8 Å². The number of thioether (sulfide) groups is 1. The fourth-order valence-corrected chi connectivity index (χ4v) is 3.43. The van der Waals surface area contributed by atoms with E-state index in [-0.39, 0.29) is 12.3 Å². The SMILES string of the molecule is Cc1ccc(NC(=O)CCc2nc(CSc3nnc(-c4cccc(C)c4)o3)no2)cc1. The largest absolute Gasteiger partial charge is 0.411 e. The molecule has 0 unspecified atom stereocenters. The summed E-state index contributed by atoms with van der Waals surface area (Å²) in [6.45, 7) is 4.01. The van der Waals surface area contributed by atoms with Crippen LogP contribution in [0.5, 0.6) is 0 Å². The molecule has 4 aromatic rings. The van der Waals surface area contributed by atoms with Crippen LogP contribution in [0.3, 0.4) is 0 Å². The first-order chi connectivity index (χ1) is 15.0. The lowest BCUT2D eigenvalue weighted by Crippen LogP contribution is -2.12. The summed E-state index contributed by atoms with van der Waals surface area (Å²) >= 11 is 1.33. The van der Waals surface area contributed by atoms with E-state index in [0.29, 0.717) is 35.0 Å². The normalized spacial score (nSPS) is 10.9. The Balaban J connectivity index is 1.26. The number of nitrogens with one attached hydrogen (secondary N) is 1. The maximum absolute atomic E-state index is 12.1. The molecule has 0 aliphatic rings. The van der Waals surface area contributed by atoms with Gasteiger partial charge in [0.1, 0.15) is 0 Å². The predicted octanol–water partition coefficient (Wildman–Crippen LogP) is 4.60. The molecule has 9 heteroatoms. The van der Waals surface area contributed by atoms with Gasteiger partial charge in [-0.25, -0.2) is 0 Å². The molecular weight excluding hydrogens is 414 g/mol. The molecule has 8 nitrogen and oxygen atoms in total. The predicted molar refractivity (Wildman–Crippen MR) is 116 cm³/mol. The molecule has 1 N–H and O–H groups in total. The van der Waals surface area contributed by atoms with Gasteiger partial charge in [-0.2, -0.15) is 4.98 Å². The highest BCUT2D eigenvalue weighted by atomic mass is 32.2. The monoisotopic (exact) mass is 435 g/mol. The number of aryl methyl sites for hydroxylation is 3. The molecule has 0 aliphatic heterocycles. The second-order valence-corrected chi connectivity index (χ2v) is 7.98. The molecule has 0 fully saturated rings. The third-order valence-corrected chi connectivity index (χ3v) is 5.22. The summed E-state index contributed by atoms with van der Waals surface area (Å²) in [5.41, 5.74) is 3.91. The number of hydrogen-bond acceptors (Lipinski definition) is 8. The number of benzene rings is 2. The molecule has 2 aromatic heterocycles. The molecule has 2 aromatic carbocycles. The van der Waals surface area contributed by atoms with Crippen molar-refractivity contribution < 1.29 is 13.7 Å². The van der Waals surface area contributed by atoms with Gasteiger partial charge in [-0.05, 0) is 38.1 Å². The van der Waals surface area contributed by atoms with Gasteiger partial charge in [-0.3, -0.25) is 4.79 Å². The second-order valence-electron chi connectivity index (χ2n) is 7.05. The molecule has 31 heavy (non-hydrogen) atoms. The molecule has 2 heterocycles. The lowest BCUT2D eigenvalue weighted by molar-refractivity contribution is -0.116. The van der Waals surface area contributed by atoms with Gasteiger partial charge in [0.2, 0.25) is 17.7 Å². The average molecular weight is 436 g/mol. The summed E-state index contributed by atoms with van der Waals surface area (Å²) in [4.78, 5) is 16.4. The van der Waals surface area contributed by atoms with E-state index in [1.807, 2.05) is 62.4 Å². The van der Waals surface area contributed by atoms with E-state index in [4.69, 9.17) is 8.94 Å². The van der Waals surface area contributed by atoms with Crippen LogP contribution in [0.1, 0.15) is 29.3 Å². The fourth-order valence-electron chi connectivity index (χ4n) is 2.82. The fraction of sp³-hybridized carbons (Fsp3) is 0.227. The molecule has 0 atom stereocenters. The van der Waals surface area contributed by atoms with Crippen molar-refractivity contribution in [3.05, 3.63) is 71.4 Å². The van der Waals surface area contributed by atoms with Gasteiger partial charge in [0, 0.05) is 24.1 Å². The molecule has 0 saturated carbocycles. The summed E-state index contributed by atoms with van der Waals surface area (Å²) in [5, 5.41) is 15.4. The van der Waals surface area contributed by atoms with Crippen LogP contribution in [0.15, 0.2) is 62.7 Å². The Bertz CT molecular complexity index is 1170. The van der Waals surface area contributed by atoms with E-state index in [1.165, 1.54) is 11.8 Å². The van der Waals surface area contributed by atoms with Crippen molar-refractivity contribution in [3.8, 4) is 11.5 Å². The number of anilines is 1. The van der Waals surface area contributed by atoms with E-state index in [9.17, 15) is 4.79 Å². The van der Waals surface area contributed by atoms with E-state index in [2.05, 4.69) is 25.7 Å². The van der Waals surface area contributed by atoms with E-state index < -0.39 is 0 Å². The molecule has 1 amide bonds. The first-order valence-electron chi connectivity index (χ1n) is 9.76. The summed E-state index contributed by atoms with van der Waals surface area (Å²) in [6, 6.07) is 15.5. The Kier molecular flexibility index (Phi) is 6.42. The first kappa shape index (κ1) is 20.8. The second kappa shape index (κ2) is 9.57. The topological polar surface area (TPSA) is 107 Å². The zero-order valence-corrected chi connectivity index (χ0v) is 18.0. The van der Waals surface area contributed by atoms with Crippen LogP contribution < -0.4 is 5.32 Å². The Hall–Kier alpha value is -3.46.